The highest BCUT2D eigenvalue weighted by Crippen LogP contribution is 2.24. The Hall–Kier alpha value is -2.48. The minimum atomic E-state index is 0.253. The van der Waals surface area contributed by atoms with E-state index in [0.29, 0.717) is 0 Å². The average Bonchev–Trinajstić information content (AvgIpc) is 2.55. The van der Waals surface area contributed by atoms with Crippen molar-refractivity contribution in [3.63, 3.8) is 0 Å². The Bertz CT molecular complexity index is 734. The van der Waals surface area contributed by atoms with Gasteiger partial charge >= 0.3 is 0 Å². The summed E-state index contributed by atoms with van der Waals surface area (Å²) in [6.45, 7) is 2.17. The molecule has 2 nitrogen and oxygen atoms in total. The van der Waals surface area contributed by atoms with E-state index in [1.165, 1.54) is 16.3 Å². The Morgan fingerprint density at radius 1 is 0.857 bits per heavy atom. The molecule has 0 amide bonds. The van der Waals surface area contributed by atoms with Crippen molar-refractivity contribution >= 4 is 16.5 Å². The van der Waals surface area contributed by atoms with Crippen LogP contribution in [-0.2, 0) is 0 Å². The number of methoxy groups -OCH3 is 1. The van der Waals surface area contributed by atoms with Crippen LogP contribution >= 0.6 is 0 Å². The highest BCUT2D eigenvalue weighted by Gasteiger charge is 2.06. The van der Waals surface area contributed by atoms with E-state index in [2.05, 4.69) is 54.7 Å². The number of rotatable bonds is 4. The molecule has 3 aromatic rings. The summed E-state index contributed by atoms with van der Waals surface area (Å²) in [6.07, 6.45) is 0. The van der Waals surface area contributed by atoms with Crippen LogP contribution in [0, 0.1) is 0 Å². The lowest BCUT2D eigenvalue weighted by atomic mass is 10.0. The molecular formula is C19H19NO. The second kappa shape index (κ2) is 5.88. The van der Waals surface area contributed by atoms with Crippen LogP contribution in [0.25, 0.3) is 10.8 Å². The number of hydrogen-bond donors (Lipinski definition) is 1. The van der Waals surface area contributed by atoms with E-state index in [-0.39, 0.29) is 6.04 Å². The minimum Gasteiger partial charge on any atom is -0.497 e. The van der Waals surface area contributed by atoms with Crippen molar-refractivity contribution in [2.75, 3.05) is 12.4 Å². The maximum Gasteiger partial charge on any atom is 0.119 e. The zero-order valence-electron chi connectivity index (χ0n) is 12.3. The van der Waals surface area contributed by atoms with Crippen LogP contribution in [0.3, 0.4) is 0 Å². The van der Waals surface area contributed by atoms with Crippen molar-refractivity contribution in [2.45, 2.75) is 13.0 Å². The Balaban J connectivity index is 1.80. The summed E-state index contributed by atoms with van der Waals surface area (Å²) in [6, 6.07) is 23.3. The lowest BCUT2D eigenvalue weighted by Gasteiger charge is -2.16. The van der Waals surface area contributed by atoms with Gasteiger partial charge in [-0.2, -0.15) is 0 Å². The van der Waals surface area contributed by atoms with Crippen LogP contribution in [0.2, 0.25) is 0 Å². The smallest absolute Gasteiger partial charge is 0.119 e. The molecule has 0 aliphatic heterocycles. The molecule has 1 N–H and O–H groups in total. The van der Waals surface area contributed by atoms with Crippen molar-refractivity contribution in [1.29, 1.82) is 0 Å². The van der Waals surface area contributed by atoms with E-state index in [9.17, 15) is 0 Å². The van der Waals surface area contributed by atoms with Crippen molar-refractivity contribution in [1.82, 2.24) is 0 Å². The monoisotopic (exact) mass is 277 g/mol. The van der Waals surface area contributed by atoms with Gasteiger partial charge in [-0.05, 0) is 53.6 Å². The molecule has 106 valence electrons. The second-order valence-electron chi connectivity index (χ2n) is 5.20. The Morgan fingerprint density at radius 3 is 2.29 bits per heavy atom. The lowest BCUT2D eigenvalue weighted by molar-refractivity contribution is 0.415. The van der Waals surface area contributed by atoms with Gasteiger partial charge in [-0.15, -0.1) is 0 Å². The van der Waals surface area contributed by atoms with Gasteiger partial charge in [-0.1, -0.05) is 36.4 Å². The first-order chi connectivity index (χ1) is 10.3. The lowest BCUT2D eigenvalue weighted by Crippen LogP contribution is -2.06. The third-order valence-electron chi connectivity index (χ3n) is 3.75. The molecule has 0 saturated heterocycles. The standard InChI is InChI=1S/C19H19NO/c1-14(20-18-9-11-19(21-2)12-10-18)16-8-7-15-5-3-4-6-17(15)13-16/h3-14,20H,1-2H3. The summed E-state index contributed by atoms with van der Waals surface area (Å²) in [5.74, 6) is 0.874. The average molecular weight is 277 g/mol. The first-order valence-electron chi connectivity index (χ1n) is 7.15. The largest absolute Gasteiger partial charge is 0.497 e. The summed E-state index contributed by atoms with van der Waals surface area (Å²) in [5.41, 5.74) is 2.38. The molecule has 3 rings (SSSR count). The first-order valence-corrected chi connectivity index (χ1v) is 7.15. The predicted molar refractivity (Wildman–Crippen MR) is 89.0 cm³/mol. The van der Waals surface area contributed by atoms with E-state index >= 15 is 0 Å². The van der Waals surface area contributed by atoms with Crippen LogP contribution in [0.5, 0.6) is 5.75 Å². The van der Waals surface area contributed by atoms with Crippen molar-refractivity contribution in [3.8, 4) is 5.75 Å². The number of anilines is 1. The summed E-state index contributed by atoms with van der Waals surface area (Å²) < 4.78 is 5.18. The highest BCUT2D eigenvalue weighted by molar-refractivity contribution is 5.83. The van der Waals surface area contributed by atoms with Crippen molar-refractivity contribution in [2.24, 2.45) is 0 Å². The van der Waals surface area contributed by atoms with Gasteiger partial charge < -0.3 is 10.1 Å². The molecule has 0 aliphatic rings. The molecule has 21 heavy (non-hydrogen) atoms. The molecule has 0 aliphatic carbocycles. The molecule has 0 saturated carbocycles. The fourth-order valence-electron chi connectivity index (χ4n) is 2.50. The zero-order chi connectivity index (χ0) is 14.7. The third-order valence-corrected chi connectivity index (χ3v) is 3.75. The first kappa shape index (κ1) is 13.5. The fraction of sp³-hybridized carbons (Fsp3) is 0.158. The zero-order valence-corrected chi connectivity index (χ0v) is 12.3. The maximum atomic E-state index is 5.18. The molecular weight excluding hydrogens is 258 g/mol. The summed E-state index contributed by atoms with van der Waals surface area (Å²) >= 11 is 0. The Morgan fingerprint density at radius 2 is 1.57 bits per heavy atom. The molecule has 0 fully saturated rings. The molecule has 0 aromatic heterocycles. The topological polar surface area (TPSA) is 21.3 Å². The fourth-order valence-corrected chi connectivity index (χ4v) is 2.50. The van der Waals surface area contributed by atoms with Gasteiger partial charge in [-0.3, -0.25) is 0 Å². The van der Waals surface area contributed by atoms with Gasteiger partial charge in [-0.25, -0.2) is 0 Å². The van der Waals surface area contributed by atoms with Crippen LogP contribution in [0.1, 0.15) is 18.5 Å². The van der Waals surface area contributed by atoms with Gasteiger partial charge in [0.05, 0.1) is 7.11 Å². The molecule has 1 unspecified atom stereocenters. The van der Waals surface area contributed by atoms with E-state index in [0.717, 1.165) is 11.4 Å². The third kappa shape index (κ3) is 3.00. The number of ether oxygens (including phenoxy) is 1. The molecule has 0 spiro atoms. The summed E-state index contributed by atoms with van der Waals surface area (Å²) in [5, 5.41) is 6.07. The van der Waals surface area contributed by atoms with E-state index in [4.69, 9.17) is 4.74 Å². The molecule has 3 aromatic carbocycles. The number of benzene rings is 3. The van der Waals surface area contributed by atoms with Crippen LogP contribution in [0.15, 0.2) is 66.7 Å². The predicted octanol–water partition coefficient (Wildman–Crippen LogP) is 5.02. The normalized spacial score (nSPS) is 12.1. The van der Waals surface area contributed by atoms with Crippen molar-refractivity contribution < 1.29 is 4.74 Å². The van der Waals surface area contributed by atoms with Gasteiger partial charge in [0.25, 0.3) is 0 Å². The Labute approximate surface area is 125 Å². The van der Waals surface area contributed by atoms with E-state index in [1.54, 1.807) is 7.11 Å². The Kier molecular flexibility index (Phi) is 3.78. The van der Waals surface area contributed by atoms with Crippen LogP contribution in [0.4, 0.5) is 5.69 Å². The maximum absolute atomic E-state index is 5.18. The van der Waals surface area contributed by atoms with Crippen LogP contribution < -0.4 is 10.1 Å². The molecule has 2 heteroatoms. The number of hydrogen-bond acceptors (Lipinski definition) is 2. The molecule has 0 radical (unpaired) electrons. The van der Waals surface area contributed by atoms with E-state index in [1.807, 2.05) is 24.3 Å². The minimum absolute atomic E-state index is 0.253. The second-order valence-corrected chi connectivity index (χ2v) is 5.20. The van der Waals surface area contributed by atoms with Gasteiger partial charge in [0.15, 0.2) is 0 Å². The molecule has 1 atom stereocenters. The molecule has 0 heterocycles. The van der Waals surface area contributed by atoms with Crippen molar-refractivity contribution in [3.05, 3.63) is 72.3 Å². The molecule has 0 bridgehead atoms. The van der Waals surface area contributed by atoms with Gasteiger partial charge in [0.1, 0.15) is 5.75 Å². The number of nitrogens with one attached hydrogen (secondary N) is 1. The quantitative estimate of drug-likeness (QED) is 0.723. The summed E-state index contributed by atoms with van der Waals surface area (Å²) in [4.78, 5) is 0. The van der Waals surface area contributed by atoms with Gasteiger partial charge in [0, 0.05) is 11.7 Å². The van der Waals surface area contributed by atoms with Gasteiger partial charge in [0.2, 0.25) is 0 Å². The van der Waals surface area contributed by atoms with Crippen LogP contribution in [-0.4, -0.2) is 7.11 Å². The highest BCUT2D eigenvalue weighted by atomic mass is 16.5. The SMILES string of the molecule is COc1ccc(NC(C)c2ccc3ccccc3c2)cc1. The summed E-state index contributed by atoms with van der Waals surface area (Å²) in [7, 11) is 1.68. The van der Waals surface area contributed by atoms with E-state index < -0.39 is 0 Å². The number of fused-ring (bicyclic) bond motifs is 1.